The molecule has 1 amide bonds. The second-order valence-corrected chi connectivity index (χ2v) is 9.94. The summed E-state index contributed by atoms with van der Waals surface area (Å²) < 4.78 is 12.5. The van der Waals surface area contributed by atoms with Crippen LogP contribution in [0.2, 0.25) is 5.02 Å². The van der Waals surface area contributed by atoms with Crippen molar-refractivity contribution in [2.75, 3.05) is 12.9 Å². The van der Waals surface area contributed by atoms with Crippen LogP contribution in [0.1, 0.15) is 50.6 Å². The Hall–Kier alpha value is -3.37. The highest BCUT2D eigenvalue weighted by Gasteiger charge is 2.24. The lowest BCUT2D eigenvalue weighted by molar-refractivity contribution is -0.132. The Morgan fingerprint density at radius 3 is 2.59 bits per heavy atom. The number of benzene rings is 2. The first-order valence-corrected chi connectivity index (χ1v) is 13.3. The van der Waals surface area contributed by atoms with Gasteiger partial charge >= 0.3 is 5.97 Å². The van der Waals surface area contributed by atoms with Crippen molar-refractivity contribution in [1.82, 2.24) is 20.2 Å². The number of esters is 1. The van der Waals surface area contributed by atoms with Crippen LogP contribution in [0.3, 0.4) is 0 Å². The highest BCUT2D eigenvalue weighted by Crippen LogP contribution is 2.35. The van der Waals surface area contributed by atoms with Gasteiger partial charge in [-0.1, -0.05) is 42.6 Å². The van der Waals surface area contributed by atoms with Crippen LogP contribution in [0.15, 0.2) is 52.7 Å². The van der Waals surface area contributed by atoms with Crippen molar-refractivity contribution in [3.05, 3.63) is 53.1 Å². The van der Waals surface area contributed by atoms with E-state index in [9.17, 15) is 9.59 Å². The van der Waals surface area contributed by atoms with Gasteiger partial charge in [0.1, 0.15) is 0 Å². The quantitative estimate of drug-likeness (QED) is 0.129. The van der Waals surface area contributed by atoms with Gasteiger partial charge in [-0.25, -0.2) is 5.43 Å². The summed E-state index contributed by atoms with van der Waals surface area (Å²) in [5, 5.41) is 14.3. The zero-order valence-electron chi connectivity index (χ0n) is 20.6. The minimum Gasteiger partial charge on any atom is -0.493 e. The number of rotatable bonds is 9. The predicted molar refractivity (Wildman–Crippen MR) is 143 cm³/mol. The van der Waals surface area contributed by atoms with E-state index in [0.717, 1.165) is 37.1 Å². The van der Waals surface area contributed by atoms with Crippen LogP contribution in [-0.2, 0) is 9.59 Å². The van der Waals surface area contributed by atoms with E-state index < -0.39 is 5.97 Å². The molecule has 0 atom stereocenters. The second kappa shape index (κ2) is 12.7. The van der Waals surface area contributed by atoms with Crippen molar-refractivity contribution < 1.29 is 19.1 Å². The van der Waals surface area contributed by atoms with E-state index in [4.69, 9.17) is 21.1 Å². The Bertz CT molecular complexity index is 1270. The number of amides is 1. The van der Waals surface area contributed by atoms with Crippen LogP contribution in [0.5, 0.6) is 11.5 Å². The van der Waals surface area contributed by atoms with E-state index in [-0.39, 0.29) is 11.7 Å². The molecule has 0 bridgehead atoms. The number of ether oxygens (including phenoxy) is 2. The number of nitrogens with one attached hydrogen (secondary N) is 1. The molecular formula is C26H28ClN5O4S. The summed E-state index contributed by atoms with van der Waals surface area (Å²) in [7, 11) is 1.48. The van der Waals surface area contributed by atoms with E-state index in [1.807, 2.05) is 24.3 Å². The molecule has 1 aliphatic rings. The molecular weight excluding hydrogens is 514 g/mol. The third-order valence-corrected chi connectivity index (χ3v) is 7.08. The fourth-order valence-electron chi connectivity index (χ4n) is 4.18. The standard InChI is InChI=1S/C26H28ClN5O4S/c1-17(33)36-22-13-8-18(14-23(22)35-2)15-28-29-24(34)16-37-26-31-30-25(19-9-11-20(27)12-10-19)32(26)21-6-4-3-5-7-21/h8-15,21H,3-7,16H2,1-2H3,(H,29,34)/b28-15+. The van der Waals surface area contributed by atoms with Crippen molar-refractivity contribution in [3.8, 4) is 22.9 Å². The molecule has 0 saturated heterocycles. The lowest BCUT2D eigenvalue weighted by Gasteiger charge is -2.25. The molecule has 1 fully saturated rings. The van der Waals surface area contributed by atoms with Crippen molar-refractivity contribution >= 4 is 41.5 Å². The van der Waals surface area contributed by atoms with Crippen LogP contribution in [-0.4, -0.2) is 45.7 Å². The maximum Gasteiger partial charge on any atom is 0.308 e. The Kier molecular flexibility index (Phi) is 9.19. The van der Waals surface area contributed by atoms with Gasteiger partial charge in [-0.2, -0.15) is 5.10 Å². The van der Waals surface area contributed by atoms with Crippen LogP contribution >= 0.6 is 23.4 Å². The summed E-state index contributed by atoms with van der Waals surface area (Å²) in [6, 6.07) is 12.8. The highest BCUT2D eigenvalue weighted by atomic mass is 35.5. The van der Waals surface area contributed by atoms with Gasteiger partial charge in [0.05, 0.1) is 19.1 Å². The summed E-state index contributed by atoms with van der Waals surface area (Å²) in [4.78, 5) is 23.7. The number of hydrogen-bond donors (Lipinski definition) is 1. The second-order valence-electron chi connectivity index (χ2n) is 8.56. The molecule has 0 radical (unpaired) electrons. The van der Waals surface area contributed by atoms with Gasteiger partial charge in [-0.05, 0) is 60.9 Å². The molecule has 9 nitrogen and oxygen atoms in total. The fourth-order valence-corrected chi connectivity index (χ4v) is 5.11. The zero-order chi connectivity index (χ0) is 26.2. The molecule has 2 aromatic carbocycles. The number of methoxy groups -OCH3 is 1. The van der Waals surface area contributed by atoms with Gasteiger partial charge in [0.2, 0.25) is 0 Å². The van der Waals surface area contributed by atoms with Crippen molar-refractivity contribution in [2.45, 2.75) is 50.2 Å². The first kappa shape index (κ1) is 26.7. The van der Waals surface area contributed by atoms with E-state index in [0.29, 0.717) is 33.3 Å². The monoisotopic (exact) mass is 541 g/mol. The topological polar surface area (TPSA) is 108 Å². The average molecular weight is 542 g/mol. The molecule has 0 unspecified atom stereocenters. The lowest BCUT2D eigenvalue weighted by Crippen LogP contribution is -2.20. The Morgan fingerprint density at radius 1 is 1.14 bits per heavy atom. The SMILES string of the molecule is COc1cc(/C=N/NC(=O)CSc2nnc(-c3ccc(Cl)cc3)n2C2CCCCC2)ccc1OC(C)=O. The zero-order valence-corrected chi connectivity index (χ0v) is 22.2. The number of carbonyl (C=O) groups is 2. The van der Waals surface area contributed by atoms with Crippen molar-refractivity contribution in [2.24, 2.45) is 5.10 Å². The van der Waals surface area contributed by atoms with Gasteiger partial charge in [0, 0.05) is 23.6 Å². The summed E-state index contributed by atoms with van der Waals surface area (Å²) in [5.41, 5.74) is 4.16. The van der Waals surface area contributed by atoms with Gasteiger partial charge in [-0.3, -0.25) is 14.2 Å². The van der Waals surface area contributed by atoms with Crippen LogP contribution in [0, 0.1) is 0 Å². The Balaban J connectivity index is 1.41. The summed E-state index contributed by atoms with van der Waals surface area (Å²) >= 11 is 7.41. The fraction of sp³-hybridized carbons (Fsp3) is 0.346. The molecule has 11 heteroatoms. The first-order valence-electron chi connectivity index (χ1n) is 12.0. The lowest BCUT2D eigenvalue weighted by atomic mass is 9.95. The number of halogens is 1. The normalized spacial score (nSPS) is 14.0. The largest absolute Gasteiger partial charge is 0.493 e. The number of hydrazone groups is 1. The molecule has 1 saturated carbocycles. The average Bonchev–Trinajstić information content (AvgIpc) is 3.33. The van der Waals surface area contributed by atoms with Gasteiger partial charge < -0.3 is 9.47 Å². The number of aromatic nitrogens is 3. The first-order chi connectivity index (χ1) is 17.9. The number of thioether (sulfide) groups is 1. The molecule has 1 heterocycles. The molecule has 194 valence electrons. The molecule has 0 spiro atoms. The molecule has 4 rings (SSSR count). The summed E-state index contributed by atoms with van der Waals surface area (Å²) in [6.07, 6.45) is 7.16. The Morgan fingerprint density at radius 2 is 1.89 bits per heavy atom. The van der Waals surface area contributed by atoms with Crippen LogP contribution in [0.25, 0.3) is 11.4 Å². The summed E-state index contributed by atoms with van der Waals surface area (Å²) in [6.45, 7) is 1.32. The third-order valence-electron chi connectivity index (χ3n) is 5.88. The van der Waals surface area contributed by atoms with E-state index >= 15 is 0 Å². The number of nitrogens with zero attached hydrogens (tertiary/aromatic N) is 4. The number of hydrogen-bond acceptors (Lipinski definition) is 8. The number of carbonyl (C=O) groups excluding carboxylic acids is 2. The molecule has 37 heavy (non-hydrogen) atoms. The van der Waals surface area contributed by atoms with E-state index in [1.54, 1.807) is 18.2 Å². The highest BCUT2D eigenvalue weighted by molar-refractivity contribution is 7.99. The smallest absolute Gasteiger partial charge is 0.308 e. The summed E-state index contributed by atoms with van der Waals surface area (Å²) in [5.74, 6) is 0.917. The minimum atomic E-state index is -0.441. The minimum absolute atomic E-state index is 0.136. The van der Waals surface area contributed by atoms with E-state index in [1.165, 1.54) is 38.4 Å². The molecule has 1 aliphatic carbocycles. The Labute approximate surface area is 224 Å². The third kappa shape index (κ3) is 7.11. The molecule has 3 aromatic rings. The predicted octanol–water partition coefficient (Wildman–Crippen LogP) is 5.28. The molecule has 1 aromatic heterocycles. The maximum absolute atomic E-state index is 12.5. The van der Waals surface area contributed by atoms with Crippen molar-refractivity contribution in [3.63, 3.8) is 0 Å². The van der Waals surface area contributed by atoms with E-state index in [2.05, 4.69) is 25.3 Å². The van der Waals surface area contributed by atoms with Gasteiger partial charge in [0.15, 0.2) is 22.5 Å². The van der Waals surface area contributed by atoms with Crippen LogP contribution < -0.4 is 14.9 Å². The van der Waals surface area contributed by atoms with Crippen molar-refractivity contribution in [1.29, 1.82) is 0 Å². The van der Waals surface area contributed by atoms with Crippen LogP contribution in [0.4, 0.5) is 0 Å². The molecule has 1 N–H and O–H groups in total. The van der Waals surface area contributed by atoms with Gasteiger partial charge in [0.25, 0.3) is 5.91 Å². The maximum atomic E-state index is 12.5. The molecule has 0 aliphatic heterocycles. The van der Waals surface area contributed by atoms with Gasteiger partial charge in [-0.15, -0.1) is 10.2 Å².